The van der Waals surface area contributed by atoms with Gasteiger partial charge in [0.05, 0.1) is 24.1 Å². The first kappa shape index (κ1) is 21.2. The number of carbonyl (C=O) groups is 2. The predicted octanol–water partition coefficient (Wildman–Crippen LogP) is 1.43. The lowest BCUT2D eigenvalue weighted by Gasteiger charge is -2.19. The second-order valence-corrected chi connectivity index (χ2v) is 7.85. The Kier molecular flexibility index (Phi) is 7.39. The van der Waals surface area contributed by atoms with E-state index in [4.69, 9.17) is 9.47 Å². The van der Waals surface area contributed by atoms with Crippen molar-refractivity contribution in [3.63, 3.8) is 0 Å². The number of amides is 1. The fourth-order valence-corrected chi connectivity index (χ4v) is 2.75. The number of carbonyl (C=O) groups excluding carboxylic acids is 2. The number of hydrogen-bond acceptors (Lipinski definition) is 6. The van der Waals surface area contributed by atoms with E-state index >= 15 is 0 Å². The van der Waals surface area contributed by atoms with Crippen molar-refractivity contribution in [2.75, 3.05) is 37.4 Å². The molecule has 1 amide bonds. The van der Waals surface area contributed by atoms with Gasteiger partial charge in [-0.05, 0) is 24.3 Å². The molecule has 0 spiro atoms. The minimum Gasteiger partial charge on any atom is -0.492 e. The standard InChI is InChI=1S/C19H22N2O6S/c1-21(28(2,24)25)17-11-7-6-10-16(17)19(23)27-14-18(22)20-12-13-26-15-8-4-3-5-9-15/h3-11H,12-14H2,1-2H3,(H,20,22). The van der Waals surface area contributed by atoms with Gasteiger partial charge in [0, 0.05) is 7.05 Å². The number of ether oxygens (including phenoxy) is 2. The highest BCUT2D eigenvalue weighted by molar-refractivity contribution is 7.92. The number of hydrogen-bond donors (Lipinski definition) is 1. The van der Waals surface area contributed by atoms with Crippen molar-refractivity contribution in [3.05, 3.63) is 60.2 Å². The van der Waals surface area contributed by atoms with E-state index in [-0.39, 0.29) is 24.4 Å². The highest BCUT2D eigenvalue weighted by atomic mass is 32.2. The zero-order valence-electron chi connectivity index (χ0n) is 15.6. The zero-order valence-corrected chi connectivity index (χ0v) is 16.4. The summed E-state index contributed by atoms with van der Waals surface area (Å²) in [6, 6.07) is 15.3. The molecule has 0 fully saturated rings. The third kappa shape index (κ3) is 6.27. The number of esters is 1. The maximum Gasteiger partial charge on any atom is 0.340 e. The molecule has 2 aromatic carbocycles. The zero-order chi connectivity index (χ0) is 20.6. The Labute approximate surface area is 164 Å². The molecule has 0 atom stereocenters. The molecule has 0 bridgehead atoms. The Morgan fingerprint density at radius 2 is 1.68 bits per heavy atom. The normalized spacial score (nSPS) is 10.8. The summed E-state index contributed by atoms with van der Waals surface area (Å²) >= 11 is 0. The van der Waals surface area contributed by atoms with Crippen LogP contribution in [0.15, 0.2) is 54.6 Å². The summed E-state index contributed by atoms with van der Waals surface area (Å²) in [6.45, 7) is 0.0332. The number of nitrogens with zero attached hydrogens (tertiary/aromatic N) is 1. The predicted molar refractivity (Wildman–Crippen MR) is 105 cm³/mol. The molecule has 2 aromatic rings. The van der Waals surface area contributed by atoms with Gasteiger partial charge in [-0.15, -0.1) is 0 Å². The second-order valence-electron chi connectivity index (χ2n) is 5.84. The molecule has 0 aromatic heterocycles. The lowest BCUT2D eigenvalue weighted by atomic mass is 10.2. The van der Waals surface area contributed by atoms with Crippen LogP contribution < -0.4 is 14.4 Å². The van der Waals surface area contributed by atoms with Crippen LogP contribution in [0.4, 0.5) is 5.69 Å². The molecule has 28 heavy (non-hydrogen) atoms. The van der Waals surface area contributed by atoms with Gasteiger partial charge in [-0.25, -0.2) is 13.2 Å². The molecule has 9 heteroatoms. The van der Waals surface area contributed by atoms with Gasteiger partial charge in [0.1, 0.15) is 12.4 Å². The van der Waals surface area contributed by atoms with E-state index in [0.717, 1.165) is 10.6 Å². The van der Waals surface area contributed by atoms with Crippen LogP contribution >= 0.6 is 0 Å². The quantitative estimate of drug-likeness (QED) is 0.499. The van der Waals surface area contributed by atoms with Gasteiger partial charge in [0.2, 0.25) is 10.0 Å². The van der Waals surface area contributed by atoms with E-state index in [2.05, 4.69) is 5.32 Å². The fraction of sp³-hybridized carbons (Fsp3) is 0.263. The summed E-state index contributed by atoms with van der Waals surface area (Å²) in [5.41, 5.74) is 0.224. The number of sulfonamides is 1. The van der Waals surface area contributed by atoms with Gasteiger partial charge in [-0.2, -0.15) is 0 Å². The van der Waals surface area contributed by atoms with E-state index in [0.29, 0.717) is 5.75 Å². The highest BCUT2D eigenvalue weighted by Crippen LogP contribution is 2.22. The third-order valence-corrected chi connectivity index (χ3v) is 4.92. The summed E-state index contributed by atoms with van der Waals surface area (Å²) in [5, 5.41) is 2.57. The van der Waals surface area contributed by atoms with Crippen molar-refractivity contribution in [2.45, 2.75) is 0 Å². The molecule has 0 radical (unpaired) electrons. The van der Waals surface area contributed by atoms with Crippen molar-refractivity contribution in [3.8, 4) is 5.75 Å². The summed E-state index contributed by atoms with van der Waals surface area (Å²) in [6.07, 6.45) is 1.03. The number of rotatable bonds is 9. The maximum atomic E-state index is 12.3. The van der Waals surface area contributed by atoms with Gasteiger partial charge in [-0.3, -0.25) is 9.10 Å². The van der Waals surface area contributed by atoms with E-state index in [1.165, 1.54) is 19.2 Å². The van der Waals surface area contributed by atoms with Crippen LogP contribution in [0, 0.1) is 0 Å². The fourth-order valence-electron chi connectivity index (χ4n) is 2.24. The van der Waals surface area contributed by atoms with Crippen LogP contribution in [0.3, 0.4) is 0 Å². The maximum absolute atomic E-state index is 12.3. The van der Waals surface area contributed by atoms with Crippen LogP contribution in [0.1, 0.15) is 10.4 Å². The molecule has 150 valence electrons. The smallest absolute Gasteiger partial charge is 0.340 e. The van der Waals surface area contributed by atoms with E-state index in [1.807, 2.05) is 18.2 Å². The number of para-hydroxylation sites is 2. The van der Waals surface area contributed by atoms with Gasteiger partial charge in [-0.1, -0.05) is 30.3 Å². The lowest BCUT2D eigenvalue weighted by molar-refractivity contribution is -0.124. The largest absolute Gasteiger partial charge is 0.492 e. The molecule has 0 aliphatic carbocycles. The lowest BCUT2D eigenvalue weighted by Crippen LogP contribution is -2.32. The molecule has 8 nitrogen and oxygen atoms in total. The Hall–Kier alpha value is -3.07. The van der Waals surface area contributed by atoms with E-state index in [9.17, 15) is 18.0 Å². The van der Waals surface area contributed by atoms with Crippen LogP contribution in [0.5, 0.6) is 5.75 Å². The van der Waals surface area contributed by atoms with Crippen LogP contribution in [0.2, 0.25) is 0 Å². The van der Waals surface area contributed by atoms with Gasteiger partial charge in [0.25, 0.3) is 5.91 Å². The molecular formula is C19H22N2O6S. The van der Waals surface area contributed by atoms with Crippen LogP contribution in [0.25, 0.3) is 0 Å². The minimum atomic E-state index is -3.55. The Morgan fingerprint density at radius 1 is 1.04 bits per heavy atom. The molecule has 1 N–H and O–H groups in total. The highest BCUT2D eigenvalue weighted by Gasteiger charge is 2.20. The molecule has 0 aliphatic rings. The topological polar surface area (TPSA) is 102 Å². The molecule has 0 saturated carbocycles. The van der Waals surface area contributed by atoms with Crippen LogP contribution in [-0.4, -0.2) is 53.4 Å². The first-order valence-electron chi connectivity index (χ1n) is 8.43. The van der Waals surface area contributed by atoms with E-state index < -0.39 is 28.5 Å². The van der Waals surface area contributed by atoms with Gasteiger partial charge < -0.3 is 14.8 Å². The first-order chi connectivity index (χ1) is 13.3. The third-order valence-electron chi connectivity index (χ3n) is 3.73. The monoisotopic (exact) mass is 406 g/mol. The summed E-state index contributed by atoms with van der Waals surface area (Å²) in [7, 11) is -2.21. The molecule has 0 saturated heterocycles. The Morgan fingerprint density at radius 3 is 2.36 bits per heavy atom. The number of anilines is 1. The van der Waals surface area contributed by atoms with Crippen LogP contribution in [-0.2, 0) is 19.6 Å². The Bertz CT molecular complexity index is 915. The van der Waals surface area contributed by atoms with Gasteiger partial charge in [0.15, 0.2) is 6.61 Å². The summed E-state index contributed by atoms with van der Waals surface area (Å²) in [5.74, 6) is -0.587. The molecule has 0 heterocycles. The molecule has 0 unspecified atom stereocenters. The van der Waals surface area contributed by atoms with E-state index in [1.54, 1.807) is 24.3 Å². The summed E-state index contributed by atoms with van der Waals surface area (Å²) < 4.78 is 34.9. The van der Waals surface area contributed by atoms with Crippen molar-refractivity contribution < 1.29 is 27.5 Å². The number of benzene rings is 2. The molecule has 2 rings (SSSR count). The summed E-state index contributed by atoms with van der Waals surface area (Å²) in [4.78, 5) is 24.1. The molecule has 0 aliphatic heterocycles. The average Bonchev–Trinajstić information content (AvgIpc) is 2.69. The van der Waals surface area contributed by atoms with Crippen molar-refractivity contribution in [1.82, 2.24) is 5.32 Å². The van der Waals surface area contributed by atoms with Crippen molar-refractivity contribution >= 4 is 27.6 Å². The van der Waals surface area contributed by atoms with Crippen molar-refractivity contribution in [2.24, 2.45) is 0 Å². The average molecular weight is 406 g/mol. The first-order valence-corrected chi connectivity index (χ1v) is 10.3. The molecular weight excluding hydrogens is 384 g/mol. The number of nitrogens with one attached hydrogen (secondary N) is 1. The minimum absolute atomic E-state index is 0.0515. The van der Waals surface area contributed by atoms with Crippen molar-refractivity contribution in [1.29, 1.82) is 0 Å². The Balaban J connectivity index is 1.83. The van der Waals surface area contributed by atoms with Gasteiger partial charge >= 0.3 is 5.97 Å². The SMILES string of the molecule is CN(c1ccccc1C(=O)OCC(=O)NCCOc1ccccc1)S(C)(=O)=O. The second kappa shape index (κ2) is 9.75.